The lowest BCUT2D eigenvalue weighted by Crippen LogP contribution is -2.45. The van der Waals surface area contributed by atoms with Crippen LogP contribution in [0.15, 0.2) is 0 Å². The monoisotopic (exact) mass is 1230 g/mol. The van der Waals surface area contributed by atoms with E-state index in [1.54, 1.807) is 141 Å². The van der Waals surface area contributed by atoms with Gasteiger partial charge in [0.15, 0.2) is 0 Å². The van der Waals surface area contributed by atoms with Crippen molar-refractivity contribution in [3.05, 3.63) is 0 Å². The SMILES string of the molecule is CC12CC3CC(CC(C3)C1)C2.CC1C2CCC(C2)[C@H]1C.CC1C2CCC(CC2)[C@H]1C.CCC1(C)CCCC1.CCC12CC3CC(CC(C3)C1)C2.CCC1CC2CCC1C2.C[C@@H]1C2CCC(CC2)C1(C)C.C[C@H]1CC2CCC1(C)CC2.C[C@H]1CC2CCC1CC2. The fourth-order valence-corrected chi connectivity index (χ4v) is 28.6. The van der Waals surface area contributed by atoms with Gasteiger partial charge in [-0.25, -0.2) is 0 Å². The minimum atomic E-state index is 0.654. The molecule has 0 nitrogen and oxygen atoms in total. The normalized spacial score (nSPS) is 50.9. The maximum absolute atomic E-state index is 2.54. The van der Waals surface area contributed by atoms with Crippen molar-refractivity contribution in [3.8, 4) is 0 Å². The summed E-state index contributed by atoms with van der Waals surface area (Å²) >= 11 is 0. The Hall–Kier alpha value is 0. The van der Waals surface area contributed by atoms with Crippen LogP contribution in [0.1, 0.15) is 386 Å². The highest BCUT2D eigenvalue weighted by molar-refractivity contribution is 5.02. The summed E-state index contributed by atoms with van der Waals surface area (Å²) in [6.07, 6.45) is 67.7. The average Bonchev–Trinajstić information content (AvgIpc) is 2.08. The molecule has 0 aromatic rings. The lowest BCUT2D eigenvalue weighted by molar-refractivity contribution is -0.0545. The summed E-state index contributed by atoms with van der Waals surface area (Å²) in [7, 11) is 0. The maximum atomic E-state index is 2.54. The topological polar surface area (TPSA) is 0 Å². The van der Waals surface area contributed by atoms with Crippen LogP contribution in [0.3, 0.4) is 0 Å². The Morgan fingerprint density at radius 3 is 0.989 bits per heavy atom. The molecule has 7 unspecified atom stereocenters. The minimum Gasteiger partial charge on any atom is -0.0651 e. The highest BCUT2D eigenvalue weighted by Crippen LogP contribution is 2.63. The summed E-state index contributed by atoms with van der Waals surface area (Å²) < 4.78 is 0. The van der Waals surface area contributed by atoms with Gasteiger partial charge in [0.2, 0.25) is 0 Å². The van der Waals surface area contributed by atoms with E-state index in [1.807, 2.05) is 0 Å². The molecule has 12 atom stereocenters. The van der Waals surface area contributed by atoms with Gasteiger partial charge in [-0.3, -0.25) is 0 Å². The van der Waals surface area contributed by atoms with Crippen LogP contribution in [0.4, 0.5) is 0 Å². The van der Waals surface area contributed by atoms with E-state index >= 15 is 0 Å². The van der Waals surface area contributed by atoms with Crippen molar-refractivity contribution >= 4 is 0 Å². The zero-order chi connectivity index (χ0) is 63.0. The van der Waals surface area contributed by atoms with Gasteiger partial charge in [0.25, 0.3) is 0 Å². The molecule has 0 aliphatic heterocycles. The van der Waals surface area contributed by atoms with Crippen molar-refractivity contribution in [2.75, 3.05) is 0 Å². The molecule has 0 heterocycles. The van der Waals surface area contributed by atoms with Gasteiger partial charge in [-0.1, -0.05) is 155 Å². The van der Waals surface area contributed by atoms with E-state index in [2.05, 4.69) is 104 Å². The fourth-order valence-electron chi connectivity index (χ4n) is 28.6. The van der Waals surface area contributed by atoms with Crippen molar-refractivity contribution < 1.29 is 0 Å². The van der Waals surface area contributed by atoms with Gasteiger partial charge in [-0.2, -0.15) is 0 Å². The Kier molecular flexibility index (Phi) is 23.7. The quantitative estimate of drug-likeness (QED) is 0.264. The predicted molar refractivity (Wildman–Crippen MR) is 388 cm³/mol. The van der Waals surface area contributed by atoms with E-state index in [9.17, 15) is 0 Å². The first kappa shape index (κ1) is 70.3. The Morgan fingerprint density at radius 1 is 0.315 bits per heavy atom. The van der Waals surface area contributed by atoms with Crippen molar-refractivity contribution in [2.24, 2.45) is 175 Å². The zero-order valence-electron chi connectivity index (χ0n) is 63.0. The number of hydrogen-bond donors (Lipinski definition) is 0. The standard InChI is InChI=1S/C12H20.C11H18.C11H20.2C10H18.3C9H16.C8H16/c1-2-12-6-9-3-10(7-12)5-11(4-9)8-12;1-11-5-8-2-9(6-11)4-10(3-8)7-11;1-8-9-4-6-10(7-5-9)11(8,2)3;1-8-7-9-3-5-10(8,2)6-4-9;1-7-8(2)10-5-3-9(7)4-6-10;1-6-7(2)9-4-3-8(6)5-9;1-7-6-8-2-4-9(7)5-3-8;1-2-8-5-7-3-4-9(8)6-7;1-3-8(2)6-4-5-7-8/h9-11H,2-8H2,1H3;8-10H,2-7H2,1H3;8-10H,4-7H2,1-3H3;8-9H,3-7H2,1-2H3;7-10H,3-6H2,1-2H3;6-9H,3-5H2,1-2H3;2*7-9H,2-6H2,1H3;3-7H2,1-2H3/t;;2*8-,9?,10?;7-,8?,9?,10?;6-,7?,8?,9?;7-,8?,9?;;/m..10000../s1. The summed E-state index contributed by atoms with van der Waals surface area (Å²) in [4.78, 5) is 0. The zero-order valence-corrected chi connectivity index (χ0v) is 63.0. The van der Waals surface area contributed by atoms with E-state index in [-0.39, 0.29) is 0 Å². The third-order valence-corrected chi connectivity index (χ3v) is 35.5. The van der Waals surface area contributed by atoms with E-state index < -0.39 is 0 Å². The second-order valence-electron chi connectivity index (χ2n) is 41.1. The fraction of sp³-hybridized carbons (Fsp3) is 1.00. The second-order valence-corrected chi connectivity index (χ2v) is 41.1. The summed E-state index contributed by atoms with van der Waals surface area (Å²) in [5.74, 6) is 27.4. The van der Waals surface area contributed by atoms with Crippen LogP contribution in [-0.4, -0.2) is 0 Å². The van der Waals surface area contributed by atoms with E-state index in [0.717, 1.165) is 170 Å². The lowest BCUT2D eigenvalue weighted by atomic mass is 9.49. The van der Waals surface area contributed by atoms with Gasteiger partial charge in [-0.15, -0.1) is 0 Å². The first-order valence-corrected chi connectivity index (χ1v) is 42.5. The smallest absolute Gasteiger partial charge is 0.0292 e. The van der Waals surface area contributed by atoms with Crippen LogP contribution >= 0.6 is 0 Å². The molecule has 0 saturated heterocycles. The molecule has 25 aliphatic carbocycles. The Morgan fingerprint density at radius 2 is 0.730 bits per heavy atom. The Balaban J connectivity index is 0.000000104. The Bertz CT molecular complexity index is 1980. The molecule has 25 aliphatic rings. The molecule has 514 valence electrons. The largest absolute Gasteiger partial charge is 0.0651 e. The lowest BCUT2D eigenvalue weighted by Gasteiger charge is -2.56. The van der Waals surface area contributed by atoms with Gasteiger partial charge < -0.3 is 0 Å². The van der Waals surface area contributed by atoms with Crippen LogP contribution in [-0.2, 0) is 0 Å². The molecule has 25 fully saturated rings. The molecule has 0 radical (unpaired) electrons. The van der Waals surface area contributed by atoms with Crippen LogP contribution in [0.25, 0.3) is 0 Å². The molecule has 0 N–H and O–H groups in total. The maximum Gasteiger partial charge on any atom is -0.0292 e. The molecule has 0 aromatic heterocycles. The molecular weight excluding hydrogens is 1070 g/mol. The number of hydrogen-bond acceptors (Lipinski definition) is 0. The molecule has 0 amide bonds. The first-order valence-electron chi connectivity index (χ1n) is 42.5. The van der Waals surface area contributed by atoms with Crippen LogP contribution in [0.2, 0.25) is 0 Å². The molecular formula is C89H158. The number of fused-ring (bicyclic) bond motifs is 16. The molecule has 0 spiro atoms. The first-order chi connectivity index (χ1) is 42.5. The summed E-state index contributed by atoms with van der Waals surface area (Å²) in [6.45, 7) is 36.7. The van der Waals surface area contributed by atoms with Crippen LogP contribution in [0.5, 0.6) is 0 Å². The van der Waals surface area contributed by atoms with E-state index in [1.165, 1.54) is 141 Å². The molecule has 20 bridgehead atoms. The van der Waals surface area contributed by atoms with E-state index in [0.29, 0.717) is 5.41 Å². The van der Waals surface area contributed by atoms with Gasteiger partial charge in [0.05, 0.1) is 0 Å². The van der Waals surface area contributed by atoms with Crippen molar-refractivity contribution in [1.29, 1.82) is 0 Å². The number of rotatable bonds is 3. The van der Waals surface area contributed by atoms with Crippen molar-refractivity contribution in [1.82, 2.24) is 0 Å². The van der Waals surface area contributed by atoms with Crippen LogP contribution < -0.4 is 0 Å². The molecule has 25 rings (SSSR count). The third-order valence-electron chi connectivity index (χ3n) is 35.5. The Labute approximate surface area is 558 Å². The van der Waals surface area contributed by atoms with Gasteiger partial charge in [-0.05, 0) is 406 Å². The molecule has 89 heavy (non-hydrogen) atoms. The highest BCUT2D eigenvalue weighted by atomic mass is 14.6. The third kappa shape index (κ3) is 16.8. The average molecular weight is 1230 g/mol. The van der Waals surface area contributed by atoms with Gasteiger partial charge in [0.1, 0.15) is 0 Å². The van der Waals surface area contributed by atoms with Crippen molar-refractivity contribution in [3.63, 3.8) is 0 Å². The summed E-state index contributed by atoms with van der Waals surface area (Å²) in [5, 5.41) is 0. The van der Waals surface area contributed by atoms with Crippen molar-refractivity contribution in [2.45, 2.75) is 386 Å². The predicted octanol–water partition coefficient (Wildman–Crippen LogP) is 27.9. The minimum absolute atomic E-state index is 0.654. The summed E-state index contributed by atoms with van der Waals surface area (Å²) in [6, 6.07) is 0. The van der Waals surface area contributed by atoms with Gasteiger partial charge >= 0.3 is 0 Å². The highest BCUT2D eigenvalue weighted by Gasteiger charge is 2.52. The molecule has 25 saturated carbocycles. The van der Waals surface area contributed by atoms with Gasteiger partial charge in [0, 0.05) is 0 Å². The molecule has 0 heteroatoms. The van der Waals surface area contributed by atoms with E-state index in [4.69, 9.17) is 0 Å². The second kappa shape index (κ2) is 30.0. The summed E-state index contributed by atoms with van der Waals surface area (Å²) in [5.41, 5.74) is 3.78. The van der Waals surface area contributed by atoms with Crippen LogP contribution in [0, 0.1) is 175 Å². The molecule has 0 aromatic carbocycles.